The summed E-state index contributed by atoms with van der Waals surface area (Å²) in [5, 5.41) is 0. The van der Waals surface area contributed by atoms with E-state index in [1.807, 2.05) is 0 Å². The molecular formula is C5H8FO. The molecular weight excluding hydrogens is 95.1 g/mol. The van der Waals surface area contributed by atoms with Crippen molar-refractivity contribution >= 4 is 0 Å². The summed E-state index contributed by atoms with van der Waals surface area (Å²) in [6.07, 6.45) is 1.83. The smallest absolute Gasteiger partial charge is 0.187 e. The fraction of sp³-hybridized carbons (Fsp3) is 0. The zero-order valence-electron chi connectivity index (χ0n) is 3.95. The van der Waals surface area contributed by atoms with Gasteiger partial charge >= 0.3 is 0 Å². The Morgan fingerprint density at radius 2 is 1.57 bits per heavy atom. The zero-order chi connectivity index (χ0) is 4.99. The van der Waals surface area contributed by atoms with Crippen LogP contribution in [0.1, 0.15) is 0 Å². The Hall–Kier alpha value is -0.630. The average Bonchev–Trinajstić information content (AvgIpc) is 1.65. The van der Waals surface area contributed by atoms with Gasteiger partial charge in [0.25, 0.3) is 0 Å². The van der Waals surface area contributed by atoms with Crippen LogP contribution in [0.4, 0.5) is 4.39 Å². The van der Waals surface area contributed by atoms with E-state index in [9.17, 15) is 4.39 Å². The minimum absolute atomic E-state index is 0. The Bertz CT molecular complexity index is 53.1. The molecule has 0 unspecified atom stereocenters. The molecule has 0 aromatic rings. The van der Waals surface area contributed by atoms with E-state index in [2.05, 4.69) is 13.2 Å². The summed E-state index contributed by atoms with van der Waals surface area (Å²) in [6.45, 7) is 6.30. The van der Waals surface area contributed by atoms with Gasteiger partial charge in [-0.05, 0) is 12.2 Å². The van der Waals surface area contributed by atoms with Crippen molar-refractivity contribution in [3.05, 3.63) is 31.5 Å². The Morgan fingerprint density at radius 3 is 1.57 bits per heavy atom. The van der Waals surface area contributed by atoms with Gasteiger partial charge < -0.3 is 5.48 Å². The number of allylic oxidation sites excluding steroid dienone is 2. The Morgan fingerprint density at radius 1 is 1.29 bits per heavy atom. The van der Waals surface area contributed by atoms with E-state index in [-0.39, 0.29) is 11.6 Å². The standard InChI is InChI=1S/C5H6F.H2O/c1-3-5(6)4-2;/h3-4H,1-2H2;1H2. The predicted molar refractivity (Wildman–Crippen MR) is 28.4 cm³/mol. The van der Waals surface area contributed by atoms with E-state index in [1.165, 1.54) is 0 Å². The molecule has 0 aliphatic rings. The maximum atomic E-state index is 11.5. The number of hydrogen-bond donors (Lipinski definition) is 0. The average molecular weight is 103 g/mol. The van der Waals surface area contributed by atoms with Crippen molar-refractivity contribution in [2.24, 2.45) is 0 Å². The molecule has 0 bridgehead atoms. The van der Waals surface area contributed by atoms with Gasteiger partial charge in [0, 0.05) is 0 Å². The molecule has 0 saturated carbocycles. The number of rotatable bonds is 2. The first-order valence-electron chi connectivity index (χ1n) is 1.58. The quantitative estimate of drug-likeness (QED) is 0.500. The van der Waals surface area contributed by atoms with Gasteiger partial charge in [-0.15, -0.1) is 0 Å². The van der Waals surface area contributed by atoms with E-state index in [4.69, 9.17) is 0 Å². The highest BCUT2D eigenvalue weighted by molar-refractivity contribution is 5.09. The highest BCUT2D eigenvalue weighted by atomic mass is 19.1. The van der Waals surface area contributed by atoms with Gasteiger partial charge in [-0.3, -0.25) is 0 Å². The van der Waals surface area contributed by atoms with E-state index >= 15 is 0 Å². The van der Waals surface area contributed by atoms with Crippen molar-refractivity contribution in [2.75, 3.05) is 0 Å². The molecule has 0 saturated heterocycles. The molecule has 0 atom stereocenters. The lowest BCUT2D eigenvalue weighted by Gasteiger charge is -1.81. The fourth-order valence-electron chi connectivity index (χ4n) is 0.0833. The fourth-order valence-corrected chi connectivity index (χ4v) is 0.0833. The number of halogens is 1. The molecule has 2 N–H and O–H groups in total. The van der Waals surface area contributed by atoms with Crippen LogP contribution in [0.2, 0.25) is 0 Å². The first-order valence-corrected chi connectivity index (χ1v) is 1.58. The van der Waals surface area contributed by atoms with Crippen LogP contribution < -0.4 is 0 Å². The molecule has 1 nitrogen and oxygen atoms in total. The minimum Gasteiger partial charge on any atom is -0.412 e. The molecule has 0 amide bonds. The van der Waals surface area contributed by atoms with Gasteiger partial charge in [0.1, 0.15) is 0 Å². The molecule has 0 aliphatic heterocycles. The maximum Gasteiger partial charge on any atom is 0.187 e. The molecule has 0 fully saturated rings. The highest BCUT2D eigenvalue weighted by Gasteiger charge is 1.87. The van der Waals surface area contributed by atoms with Crippen LogP contribution in [0.5, 0.6) is 0 Å². The molecule has 1 radical (unpaired) electrons. The molecule has 0 aliphatic carbocycles. The van der Waals surface area contributed by atoms with Gasteiger partial charge in [0.05, 0.1) is 0 Å². The molecule has 0 aromatic heterocycles. The highest BCUT2D eigenvalue weighted by Crippen LogP contribution is 2.00. The molecule has 41 valence electrons. The summed E-state index contributed by atoms with van der Waals surface area (Å²) in [5.74, 6) is 0. The van der Waals surface area contributed by atoms with E-state index in [0.717, 1.165) is 12.2 Å². The van der Waals surface area contributed by atoms with E-state index < -0.39 is 0 Å². The van der Waals surface area contributed by atoms with E-state index in [0.29, 0.717) is 0 Å². The lowest BCUT2D eigenvalue weighted by molar-refractivity contribution is 0.590. The third-order valence-corrected chi connectivity index (χ3v) is 0.390. The van der Waals surface area contributed by atoms with Crippen molar-refractivity contribution in [2.45, 2.75) is 0 Å². The predicted octanol–water partition coefficient (Wildman–Crippen LogP) is 1.04. The Kier molecular flexibility index (Phi) is 7.38. The third-order valence-electron chi connectivity index (χ3n) is 0.390. The van der Waals surface area contributed by atoms with Crippen LogP contribution >= 0.6 is 0 Å². The summed E-state index contributed by atoms with van der Waals surface area (Å²) in [7, 11) is 0. The second-order valence-electron chi connectivity index (χ2n) is 0.793. The molecule has 7 heavy (non-hydrogen) atoms. The minimum atomic E-state index is -0.380. The first kappa shape index (κ1) is 9.62. The van der Waals surface area contributed by atoms with Crippen molar-refractivity contribution in [1.82, 2.24) is 0 Å². The second-order valence-corrected chi connectivity index (χ2v) is 0.793. The third kappa shape index (κ3) is 5.37. The van der Waals surface area contributed by atoms with Crippen molar-refractivity contribution in [3.8, 4) is 0 Å². The van der Waals surface area contributed by atoms with Gasteiger partial charge in [-0.2, -0.15) is 0 Å². The summed E-state index contributed by atoms with van der Waals surface area (Å²) in [6, 6.07) is 0. The molecule has 0 spiro atoms. The summed E-state index contributed by atoms with van der Waals surface area (Å²) in [4.78, 5) is 0. The lowest BCUT2D eigenvalue weighted by Crippen LogP contribution is -1.68. The SMILES string of the molecule is C=C[C](F)C=C.O. The van der Waals surface area contributed by atoms with E-state index in [1.54, 1.807) is 0 Å². The normalized spacial score (nSPS) is 7.14. The largest absolute Gasteiger partial charge is 0.412 e. The lowest BCUT2D eigenvalue weighted by atomic mass is 10.4. The van der Waals surface area contributed by atoms with Crippen LogP contribution in [0.15, 0.2) is 25.3 Å². The molecule has 0 heterocycles. The monoisotopic (exact) mass is 103 g/mol. The van der Waals surface area contributed by atoms with Crippen molar-refractivity contribution in [1.29, 1.82) is 0 Å². The summed E-state index contributed by atoms with van der Waals surface area (Å²) < 4.78 is 11.5. The van der Waals surface area contributed by atoms with Crippen LogP contribution in [0, 0.1) is 6.17 Å². The van der Waals surface area contributed by atoms with Crippen LogP contribution in [-0.4, -0.2) is 5.48 Å². The first-order chi connectivity index (χ1) is 2.81. The van der Waals surface area contributed by atoms with Crippen molar-refractivity contribution in [3.63, 3.8) is 0 Å². The van der Waals surface area contributed by atoms with Gasteiger partial charge in [0.15, 0.2) is 6.17 Å². The molecule has 2 heteroatoms. The summed E-state index contributed by atoms with van der Waals surface area (Å²) in [5.41, 5.74) is 0. The van der Waals surface area contributed by atoms with Crippen LogP contribution in [0.3, 0.4) is 0 Å². The second kappa shape index (κ2) is 5.37. The van der Waals surface area contributed by atoms with Gasteiger partial charge in [0.2, 0.25) is 0 Å². The van der Waals surface area contributed by atoms with Crippen LogP contribution in [0.25, 0.3) is 0 Å². The van der Waals surface area contributed by atoms with Gasteiger partial charge in [-0.25, -0.2) is 4.39 Å². The molecule has 0 rings (SSSR count). The van der Waals surface area contributed by atoms with Gasteiger partial charge in [-0.1, -0.05) is 13.2 Å². The zero-order valence-corrected chi connectivity index (χ0v) is 3.95. The summed E-state index contributed by atoms with van der Waals surface area (Å²) >= 11 is 0. The van der Waals surface area contributed by atoms with Crippen LogP contribution in [-0.2, 0) is 0 Å². The number of hydrogen-bond acceptors (Lipinski definition) is 0. The topological polar surface area (TPSA) is 31.5 Å². The Labute approximate surface area is 42.5 Å². The molecule has 0 aromatic carbocycles. The maximum absolute atomic E-state index is 11.5. The van der Waals surface area contributed by atoms with Crippen molar-refractivity contribution < 1.29 is 9.87 Å². The Balaban J connectivity index is 0.